The summed E-state index contributed by atoms with van der Waals surface area (Å²) in [7, 11) is -1.12. The van der Waals surface area contributed by atoms with Crippen molar-refractivity contribution in [3.63, 3.8) is 0 Å². The SMILES string of the molecule is CCS(O)(O)NCCN(C)c1nc(Nc2ccc(C(O)O)cc2)[nH]c(=O)n1. The predicted molar refractivity (Wildman–Crippen MR) is 104 cm³/mol. The van der Waals surface area contributed by atoms with Crippen molar-refractivity contribution in [2.24, 2.45) is 0 Å². The van der Waals surface area contributed by atoms with E-state index >= 15 is 0 Å². The van der Waals surface area contributed by atoms with E-state index in [0.29, 0.717) is 17.8 Å². The summed E-state index contributed by atoms with van der Waals surface area (Å²) >= 11 is 0. The fourth-order valence-electron chi connectivity index (χ4n) is 2.06. The molecule has 0 spiro atoms. The molecule has 0 saturated heterocycles. The molecule has 1 aromatic carbocycles. The normalized spacial score (nSPS) is 12.3. The van der Waals surface area contributed by atoms with Crippen LogP contribution in [-0.4, -0.2) is 60.2 Å². The summed E-state index contributed by atoms with van der Waals surface area (Å²) in [4.78, 5) is 23.9. The molecule has 0 aliphatic rings. The molecule has 7 N–H and O–H groups in total. The lowest BCUT2D eigenvalue weighted by molar-refractivity contribution is -0.0424. The maximum atomic E-state index is 11.8. The number of aliphatic hydroxyl groups is 2. The van der Waals surface area contributed by atoms with E-state index in [1.165, 1.54) is 12.1 Å². The molecule has 2 rings (SSSR count). The summed E-state index contributed by atoms with van der Waals surface area (Å²) in [6.45, 7) is 2.29. The molecule has 11 nitrogen and oxygen atoms in total. The Bertz CT molecular complexity index is 798. The van der Waals surface area contributed by atoms with Crippen LogP contribution in [0.25, 0.3) is 0 Å². The number of rotatable bonds is 9. The summed E-state index contributed by atoms with van der Waals surface area (Å²) < 4.78 is 21.8. The highest BCUT2D eigenvalue weighted by molar-refractivity contribution is 8.22. The molecule has 0 saturated carbocycles. The number of hydrogen-bond acceptors (Lipinski definition) is 10. The highest BCUT2D eigenvalue weighted by atomic mass is 32.3. The summed E-state index contributed by atoms with van der Waals surface area (Å²) in [6.07, 6.45) is -1.56. The van der Waals surface area contributed by atoms with Gasteiger partial charge in [0.25, 0.3) is 0 Å². The topological polar surface area (TPSA) is 167 Å². The van der Waals surface area contributed by atoms with Gasteiger partial charge in [-0.1, -0.05) is 12.1 Å². The second kappa shape index (κ2) is 9.12. The Labute approximate surface area is 157 Å². The third-order valence-electron chi connectivity index (χ3n) is 3.63. The van der Waals surface area contributed by atoms with E-state index < -0.39 is 22.8 Å². The van der Waals surface area contributed by atoms with Gasteiger partial charge in [0, 0.05) is 37.1 Å². The van der Waals surface area contributed by atoms with Crippen LogP contribution in [0.2, 0.25) is 0 Å². The van der Waals surface area contributed by atoms with Gasteiger partial charge in [-0.2, -0.15) is 9.97 Å². The molecule has 0 aliphatic heterocycles. The molecule has 150 valence electrons. The maximum Gasteiger partial charge on any atom is 0.351 e. The van der Waals surface area contributed by atoms with Crippen molar-refractivity contribution in [1.82, 2.24) is 19.7 Å². The van der Waals surface area contributed by atoms with Gasteiger partial charge in [0.1, 0.15) is 0 Å². The molecule has 0 radical (unpaired) electrons. The second-order valence-electron chi connectivity index (χ2n) is 5.69. The van der Waals surface area contributed by atoms with Gasteiger partial charge >= 0.3 is 5.69 Å². The van der Waals surface area contributed by atoms with Gasteiger partial charge in [-0.05, 0) is 19.1 Å². The number of aromatic amines is 1. The summed E-state index contributed by atoms with van der Waals surface area (Å²) in [5.41, 5.74) is 0.325. The fraction of sp³-hybridized carbons (Fsp3) is 0.400. The number of aromatic nitrogens is 3. The quantitative estimate of drug-likeness (QED) is 0.296. The number of anilines is 3. The summed E-state index contributed by atoms with van der Waals surface area (Å²) in [5.74, 6) is 0.539. The summed E-state index contributed by atoms with van der Waals surface area (Å²) in [6, 6.07) is 6.27. The minimum Gasteiger partial charge on any atom is -0.364 e. The molecule has 0 unspecified atom stereocenters. The first-order valence-corrected chi connectivity index (χ1v) is 9.85. The molecule has 27 heavy (non-hydrogen) atoms. The van der Waals surface area contributed by atoms with Gasteiger partial charge < -0.3 is 20.4 Å². The monoisotopic (exact) mass is 400 g/mol. The zero-order valence-corrected chi connectivity index (χ0v) is 15.8. The van der Waals surface area contributed by atoms with Gasteiger partial charge in [-0.3, -0.25) is 14.1 Å². The van der Waals surface area contributed by atoms with E-state index in [2.05, 4.69) is 25.0 Å². The van der Waals surface area contributed by atoms with E-state index in [1.807, 2.05) is 0 Å². The van der Waals surface area contributed by atoms with Crippen LogP contribution < -0.4 is 20.6 Å². The Morgan fingerprint density at radius 1 is 1.22 bits per heavy atom. The van der Waals surface area contributed by atoms with Crippen LogP contribution in [0.3, 0.4) is 0 Å². The zero-order valence-electron chi connectivity index (χ0n) is 15.0. The van der Waals surface area contributed by atoms with Crippen molar-refractivity contribution in [3.05, 3.63) is 40.3 Å². The van der Waals surface area contributed by atoms with E-state index in [1.54, 1.807) is 31.0 Å². The van der Waals surface area contributed by atoms with Crippen LogP contribution in [-0.2, 0) is 0 Å². The van der Waals surface area contributed by atoms with Crippen molar-refractivity contribution in [1.29, 1.82) is 0 Å². The first-order chi connectivity index (χ1) is 12.7. The lowest BCUT2D eigenvalue weighted by Gasteiger charge is -2.32. The predicted octanol–water partition coefficient (Wildman–Crippen LogP) is 0.603. The smallest absolute Gasteiger partial charge is 0.351 e. The Kier molecular flexibility index (Phi) is 7.12. The third kappa shape index (κ3) is 6.46. The van der Waals surface area contributed by atoms with Crippen LogP contribution in [0.5, 0.6) is 0 Å². The van der Waals surface area contributed by atoms with E-state index in [0.717, 1.165) is 0 Å². The van der Waals surface area contributed by atoms with Crippen LogP contribution >= 0.6 is 10.8 Å². The molecule has 0 atom stereocenters. The Hall–Kier alpha value is -2.22. The van der Waals surface area contributed by atoms with Crippen LogP contribution in [0.15, 0.2) is 29.1 Å². The van der Waals surface area contributed by atoms with Gasteiger partial charge in [0.05, 0.1) is 0 Å². The van der Waals surface area contributed by atoms with Gasteiger partial charge in [0.15, 0.2) is 6.29 Å². The van der Waals surface area contributed by atoms with E-state index in [-0.39, 0.29) is 24.2 Å². The second-order valence-corrected chi connectivity index (χ2v) is 7.89. The number of nitrogens with zero attached hydrogens (tertiary/aromatic N) is 3. The lowest BCUT2D eigenvalue weighted by atomic mass is 10.2. The molecule has 0 bridgehead atoms. The van der Waals surface area contributed by atoms with Crippen molar-refractivity contribution in [2.75, 3.05) is 36.1 Å². The number of H-pyrrole nitrogens is 1. The third-order valence-corrected chi connectivity index (χ3v) is 5.11. The summed E-state index contributed by atoms with van der Waals surface area (Å²) in [5, 5.41) is 21.1. The van der Waals surface area contributed by atoms with Crippen molar-refractivity contribution >= 4 is 28.4 Å². The molecular formula is C15H24N6O5S. The number of likely N-dealkylation sites (N-methyl/N-ethyl adjacent to an activating group) is 1. The molecule has 2 aromatic rings. The molecule has 12 heteroatoms. The Balaban J connectivity index is 2.05. The number of nitrogens with one attached hydrogen (secondary N) is 3. The molecule has 1 heterocycles. The first kappa shape index (κ1) is 21.1. The Morgan fingerprint density at radius 3 is 2.48 bits per heavy atom. The van der Waals surface area contributed by atoms with Crippen molar-refractivity contribution < 1.29 is 19.3 Å². The largest absolute Gasteiger partial charge is 0.364 e. The maximum absolute atomic E-state index is 11.8. The van der Waals surface area contributed by atoms with Gasteiger partial charge in [-0.25, -0.2) is 9.52 Å². The molecule has 0 fully saturated rings. The van der Waals surface area contributed by atoms with Crippen LogP contribution in [0.1, 0.15) is 18.8 Å². The number of benzene rings is 1. The standard InChI is InChI=1S/C15H24N6O5S/c1-3-27(25,26)16-8-9-21(2)14-18-13(19-15(24)20-14)17-11-6-4-10(5-7-11)12(22)23/h4-7,12,16,22-23,25-26H,3,8-9H2,1-2H3,(H2,17,18,19,20,24). The molecule has 0 amide bonds. The number of hydrogen-bond donors (Lipinski definition) is 7. The highest BCUT2D eigenvalue weighted by Crippen LogP contribution is 2.31. The van der Waals surface area contributed by atoms with Crippen molar-refractivity contribution in [3.8, 4) is 0 Å². The van der Waals surface area contributed by atoms with Gasteiger partial charge in [0.2, 0.25) is 11.9 Å². The minimum atomic E-state index is -2.80. The average Bonchev–Trinajstić information content (AvgIpc) is 2.61. The molecule has 1 aromatic heterocycles. The van der Waals surface area contributed by atoms with E-state index in [4.69, 9.17) is 10.2 Å². The first-order valence-electron chi connectivity index (χ1n) is 8.13. The minimum absolute atomic E-state index is 0.165. The number of aliphatic hydroxyl groups excluding tert-OH is 1. The Morgan fingerprint density at radius 2 is 1.89 bits per heavy atom. The van der Waals surface area contributed by atoms with E-state index in [9.17, 15) is 13.9 Å². The lowest BCUT2D eigenvalue weighted by Crippen LogP contribution is -2.33. The van der Waals surface area contributed by atoms with Gasteiger partial charge in [-0.15, -0.1) is 10.8 Å². The van der Waals surface area contributed by atoms with Crippen LogP contribution in [0.4, 0.5) is 17.6 Å². The molecule has 0 aliphatic carbocycles. The fourth-order valence-corrected chi connectivity index (χ4v) is 2.68. The molecular weight excluding hydrogens is 376 g/mol. The zero-order chi connectivity index (χ0) is 20.0. The average molecular weight is 400 g/mol. The van der Waals surface area contributed by atoms with Crippen molar-refractivity contribution in [2.45, 2.75) is 13.2 Å². The highest BCUT2D eigenvalue weighted by Gasteiger charge is 2.11. The van der Waals surface area contributed by atoms with Crippen LogP contribution in [0, 0.1) is 0 Å².